The highest BCUT2D eigenvalue weighted by Gasteiger charge is 2.19. The molecule has 0 bridgehead atoms. The zero-order valence-corrected chi connectivity index (χ0v) is 17.6. The van der Waals surface area contributed by atoms with Crippen molar-refractivity contribution in [3.05, 3.63) is 72.3 Å². The first-order valence-corrected chi connectivity index (χ1v) is 10.1. The zero-order chi connectivity index (χ0) is 23.8. The van der Waals surface area contributed by atoms with Crippen LogP contribution < -0.4 is 27.6 Å². The second-order valence-electron chi connectivity index (χ2n) is 7.27. The van der Waals surface area contributed by atoms with Crippen molar-refractivity contribution in [3.8, 4) is 11.1 Å². The van der Waals surface area contributed by atoms with E-state index in [0.717, 1.165) is 16.8 Å². The fourth-order valence-corrected chi connectivity index (χ4v) is 3.07. The molecule has 11 heteroatoms. The number of amides is 3. The Morgan fingerprint density at radius 3 is 2.18 bits per heavy atom. The lowest BCUT2D eigenvalue weighted by Gasteiger charge is -2.14. The number of nitrogens with one attached hydrogen (secondary N) is 4. The van der Waals surface area contributed by atoms with E-state index in [2.05, 4.69) is 20.6 Å². The van der Waals surface area contributed by atoms with Gasteiger partial charge in [-0.05, 0) is 35.4 Å². The van der Waals surface area contributed by atoms with Crippen LogP contribution in [-0.4, -0.2) is 51.5 Å². The maximum atomic E-state index is 12.3. The van der Waals surface area contributed by atoms with Crippen LogP contribution in [0.5, 0.6) is 0 Å². The number of anilines is 1. The van der Waals surface area contributed by atoms with Crippen molar-refractivity contribution in [2.24, 2.45) is 11.5 Å². The van der Waals surface area contributed by atoms with Crippen LogP contribution in [0.25, 0.3) is 11.1 Å². The molecular formula is C22H25N7O4. The van der Waals surface area contributed by atoms with E-state index >= 15 is 0 Å². The maximum Gasteiger partial charge on any atom is 0.267 e. The predicted molar refractivity (Wildman–Crippen MR) is 121 cm³/mol. The number of aromatic nitrogens is 2. The van der Waals surface area contributed by atoms with Crippen molar-refractivity contribution in [1.29, 1.82) is 0 Å². The number of hydrogen-bond acceptors (Lipinski definition) is 7. The Labute approximate surface area is 189 Å². The molecule has 3 aromatic rings. The molecule has 2 atom stereocenters. The first-order chi connectivity index (χ1) is 15.9. The summed E-state index contributed by atoms with van der Waals surface area (Å²) < 4.78 is 0. The fourth-order valence-electron chi connectivity index (χ4n) is 3.07. The molecule has 1 heterocycles. The Morgan fingerprint density at radius 2 is 1.64 bits per heavy atom. The summed E-state index contributed by atoms with van der Waals surface area (Å²) in [5.74, 6) is -1.60. The zero-order valence-electron chi connectivity index (χ0n) is 17.6. The van der Waals surface area contributed by atoms with Crippen LogP contribution in [0.3, 0.4) is 0 Å². The molecule has 0 unspecified atom stereocenters. The third kappa shape index (κ3) is 6.23. The fraction of sp³-hybridized carbons (Fsp3) is 0.182. The molecule has 33 heavy (non-hydrogen) atoms. The van der Waals surface area contributed by atoms with E-state index in [1.807, 2.05) is 12.1 Å². The summed E-state index contributed by atoms with van der Waals surface area (Å²) >= 11 is 0. The number of imidazole rings is 1. The van der Waals surface area contributed by atoms with Gasteiger partial charge in [-0.25, -0.2) is 10.5 Å². The van der Waals surface area contributed by atoms with Gasteiger partial charge in [0.2, 0.25) is 5.91 Å². The van der Waals surface area contributed by atoms with Gasteiger partial charge in [0.25, 0.3) is 11.8 Å². The summed E-state index contributed by atoms with van der Waals surface area (Å²) in [6.45, 7) is -0.160. The topological polar surface area (TPSA) is 188 Å². The third-order valence-electron chi connectivity index (χ3n) is 4.93. The first kappa shape index (κ1) is 23.6. The van der Waals surface area contributed by atoms with Gasteiger partial charge in [-0.1, -0.05) is 24.3 Å². The maximum absolute atomic E-state index is 12.3. The lowest BCUT2D eigenvalue weighted by Crippen LogP contribution is -2.50. The number of nitrogens with zero attached hydrogens (tertiary/aromatic N) is 1. The lowest BCUT2D eigenvalue weighted by molar-refractivity contribution is -0.130. The van der Waals surface area contributed by atoms with E-state index in [1.165, 1.54) is 11.8 Å². The second-order valence-corrected chi connectivity index (χ2v) is 7.27. The monoisotopic (exact) mass is 451 g/mol. The molecule has 2 aromatic carbocycles. The normalized spacial score (nSPS) is 12.5. The minimum absolute atomic E-state index is 0.160. The number of carbonyl (C=O) groups excluding carboxylic acids is 3. The second kappa shape index (κ2) is 11.0. The molecule has 1 aromatic heterocycles. The Kier molecular flexibility index (Phi) is 7.86. The van der Waals surface area contributed by atoms with Gasteiger partial charge in [-0.15, -0.1) is 0 Å². The molecule has 172 valence electrons. The van der Waals surface area contributed by atoms with Gasteiger partial charge in [-0.2, -0.15) is 0 Å². The van der Waals surface area contributed by atoms with Crippen molar-refractivity contribution < 1.29 is 19.6 Å². The molecule has 0 saturated carbocycles. The minimum atomic E-state index is -1.04. The van der Waals surface area contributed by atoms with Gasteiger partial charge in [0.1, 0.15) is 6.04 Å². The molecule has 0 aliphatic carbocycles. The number of nitrogens with two attached hydrogens (primary N) is 2. The minimum Gasteiger partial charge on any atom is -0.348 e. The number of rotatable bonds is 9. The number of carbonyl (C=O) groups is 3. The average Bonchev–Trinajstić information content (AvgIpc) is 3.35. The first-order valence-electron chi connectivity index (χ1n) is 10.1. The summed E-state index contributed by atoms with van der Waals surface area (Å²) in [7, 11) is 0. The van der Waals surface area contributed by atoms with Gasteiger partial charge < -0.3 is 27.1 Å². The molecule has 9 N–H and O–H groups in total. The van der Waals surface area contributed by atoms with E-state index < -0.39 is 23.9 Å². The van der Waals surface area contributed by atoms with E-state index in [4.69, 9.17) is 16.7 Å². The van der Waals surface area contributed by atoms with E-state index in [1.54, 1.807) is 42.6 Å². The number of aromatic amines is 1. The van der Waals surface area contributed by atoms with Gasteiger partial charge in [0, 0.05) is 36.1 Å². The number of H-pyrrole nitrogens is 1. The Hall–Kier alpha value is -4.06. The molecule has 3 rings (SSSR count). The van der Waals surface area contributed by atoms with Crippen molar-refractivity contribution in [3.63, 3.8) is 0 Å². The van der Waals surface area contributed by atoms with Crippen molar-refractivity contribution >= 4 is 23.4 Å². The van der Waals surface area contributed by atoms with Crippen LogP contribution in [0.15, 0.2) is 61.1 Å². The third-order valence-corrected chi connectivity index (χ3v) is 4.93. The van der Waals surface area contributed by atoms with Crippen LogP contribution in [0.2, 0.25) is 0 Å². The number of hydrogen-bond donors (Lipinski definition) is 7. The van der Waals surface area contributed by atoms with E-state index in [0.29, 0.717) is 17.7 Å². The SMILES string of the molecule is NC[C@H](NC(=O)c1ccc(-c2ccc(NC(=O)[C@@H](N)Cc3cnc[nH]3)cc2)cc1)C(=O)NO. The molecule has 0 saturated heterocycles. The molecule has 3 amide bonds. The molecule has 0 spiro atoms. The highest BCUT2D eigenvalue weighted by Crippen LogP contribution is 2.22. The molecule has 0 aliphatic heterocycles. The predicted octanol–water partition coefficient (Wildman–Crippen LogP) is 0.148. The molecular weight excluding hydrogens is 426 g/mol. The van der Waals surface area contributed by atoms with Crippen LogP contribution in [0.4, 0.5) is 5.69 Å². The standard InChI is InChI=1S/C22H25N7O4/c23-10-19(22(32)29-33)28-20(30)15-3-1-13(2-4-15)14-5-7-16(8-6-14)27-21(31)18(24)9-17-11-25-12-26-17/h1-8,11-12,18-19,33H,9-10,23-24H2,(H,25,26)(H,27,31)(H,28,30)(H,29,32)/t18-,19-/m0/s1. The highest BCUT2D eigenvalue weighted by molar-refractivity contribution is 5.98. The van der Waals surface area contributed by atoms with Crippen LogP contribution in [0, 0.1) is 0 Å². The van der Waals surface area contributed by atoms with Gasteiger partial charge in [0.15, 0.2) is 0 Å². The average molecular weight is 451 g/mol. The largest absolute Gasteiger partial charge is 0.348 e. The Balaban J connectivity index is 1.59. The molecule has 11 nitrogen and oxygen atoms in total. The van der Waals surface area contributed by atoms with Gasteiger partial charge in [-0.3, -0.25) is 19.6 Å². The summed E-state index contributed by atoms with van der Waals surface area (Å²) in [5, 5.41) is 13.9. The van der Waals surface area contributed by atoms with E-state index in [9.17, 15) is 14.4 Å². The molecule has 0 fully saturated rings. The summed E-state index contributed by atoms with van der Waals surface area (Å²) in [6, 6.07) is 12.2. The van der Waals surface area contributed by atoms with Crippen LogP contribution in [0.1, 0.15) is 16.1 Å². The molecule has 0 radical (unpaired) electrons. The summed E-state index contributed by atoms with van der Waals surface area (Å²) in [5.41, 5.74) is 16.3. The van der Waals surface area contributed by atoms with Crippen LogP contribution >= 0.6 is 0 Å². The van der Waals surface area contributed by atoms with Gasteiger partial charge in [0.05, 0.1) is 12.4 Å². The summed E-state index contributed by atoms with van der Waals surface area (Å²) in [6.07, 6.45) is 3.50. The Morgan fingerprint density at radius 1 is 1.00 bits per heavy atom. The number of hydroxylamine groups is 1. The summed E-state index contributed by atoms with van der Waals surface area (Å²) in [4.78, 5) is 42.9. The smallest absolute Gasteiger partial charge is 0.267 e. The quantitative estimate of drug-likeness (QED) is 0.178. The van der Waals surface area contributed by atoms with Crippen molar-refractivity contribution in [2.45, 2.75) is 18.5 Å². The Bertz CT molecular complexity index is 1080. The van der Waals surface area contributed by atoms with Crippen molar-refractivity contribution in [1.82, 2.24) is 20.8 Å². The molecule has 0 aliphatic rings. The van der Waals surface area contributed by atoms with Crippen LogP contribution in [-0.2, 0) is 16.0 Å². The lowest BCUT2D eigenvalue weighted by atomic mass is 10.0. The van der Waals surface area contributed by atoms with E-state index in [-0.39, 0.29) is 12.5 Å². The van der Waals surface area contributed by atoms with Crippen molar-refractivity contribution in [2.75, 3.05) is 11.9 Å². The van der Waals surface area contributed by atoms with Gasteiger partial charge >= 0.3 is 0 Å². The number of benzene rings is 2. The highest BCUT2D eigenvalue weighted by atomic mass is 16.5.